The molecule has 1 N–H and O–H groups in total. The van der Waals surface area contributed by atoms with Gasteiger partial charge in [-0.05, 0) is 36.2 Å². The molecule has 1 aliphatic heterocycles. The number of halogens is 3. The van der Waals surface area contributed by atoms with Crippen molar-refractivity contribution in [3.05, 3.63) is 56.5 Å². The summed E-state index contributed by atoms with van der Waals surface area (Å²) in [5.41, 5.74) is 1.58. The van der Waals surface area contributed by atoms with E-state index in [0.29, 0.717) is 17.4 Å². The van der Waals surface area contributed by atoms with Gasteiger partial charge in [-0.3, -0.25) is 4.79 Å². The smallest absolute Gasteiger partial charge is 0.243 e. The Hall–Kier alpha value is -1.12. The summed E-state index contributed by atoms with van der Waals surface area (Å²) in [6.45, 7) is 0.796. The highest BCUT2D eigenvalue weighted by Gasteiger charge is 2.23. The van der Waals surface area contributed by atoms with Crippen LogP contribution >= 0.6 is 39.1 Å². The van der Waals surface area contributed by atoms with Crippen molar-refractivity contribution in [3.63, 3.8) is 0 Å². The fraction of sp³-hybridized carbons (Fsp3) is 0.235. The molecular formula is C17H15BrCl2N2O3S. The molecule has 0 aliphatic carbocycles. The summed E-state index contributed by atoms with van der Waals surface area (Å²) in [6.07, 6.45) is 1.42. The lowest BCUT2D eigenvalue weighted by molar-refractivity contribution is -0.117. The topological polar surface area (TPSA) is 66.5 Å². The molecule has 0 unspecified atom stereocenters. The van der Waals surface area contributed by atoms with Crippen molar-refractivity contribution in [2.24, 2.45) is 0 Å². The number of rotatable bonds is 5. The number of amides is 1. The molecule has 0 aromatic heterocycles. The van der Waals surface area contributed by atoms with Crippen molar-refractivity contribution in [1.82, 2.24) is 4.72 Å². The molecule has 1 amide bonds. The standard InChI is InChI=1S/C17H15BrCl2N2O3S/c18-12-8-14(19)17(15(20)9-12)26(24,25)21-10-11-3-5-13(6-4-11)22-7-1-2-16(22)23/h3-6,8-9,21H,1-2,7,10H2. The van der Waals surface area contributed by atoms with Gasteiger partial charge in [-0.15, -0.1) is 0 Å². The highest BCUT2D eigenvalue weighted by Crippen LogP contribution is 2.32. The van der Waals surface area contributed by atoms with E-state index in [0.717, 1.165) is 17.7 Å². The largest absolute Gasteiger partial charge is 0.312 e. The summed E-state index contributed by atoms with van der Waals surface area (Å²) in [5.74, 6) is 0.109. The van der Waals surface area contributed by atoms with Crippen molar-refractivity contribution in [2.45, 2.75) is 24.3 Å². The molecule has 1 aliphatic rings. The second-order valence-electron chi connectivity index (χ2n) is 5.84. The van der Waals surface area contributed by atoms with Gasteiger partial charge in [-0.1, -0.05) is 51.3 Å². The molecule has 1 heterocycles. The molecule has 26 heavy (non-hydrogen) atoms. The number of nitrogens with one attached hydrogen (secondary N) is 1. The monoisotopic (exact) mass is 476 g/mol. The van der Waals surface area contributed by atoms with Gasteiger partial charge in [0.25, 0.3) is 0 Å². The van der Waals surface area contributed by atoms with E-state index in [1.54, 1.807) is 17.0 Å². The normalized spacial score (nSPS) is 14.9. The fourth-order valence-electron chi connectivity index (χ4n) is 2.75. The third kappa shape index (κ3) is 4.23. The van der Waals surface area contributed by atoms with Gasteiger partial charge >= 0.3 is 0 Å². The Labute approximate surface area is 170 Å². The van der Waals surface area contributed by atoms with Crippen molar-refractivity contribution < 1.29 is 13.2 Å². The van der Waals surface area contributed by atoms with Crippen LogP contribution in [0.2, 0.25) is 10.0 Å². The average Bonchev–Trinajstić information content (AvgIpc) is 2.98. The maximum Gasteiger partial charge on any atom is 0.243 e. The number of carbonyl (C=O) groups excluding carboxylic acids is 1. The van der Waals surface area contributed by atoms with Gasteiger partial charge in [0.15, 0.2) is 0 Å². The molecule has 2 aromatic rings. The molecule has 0 radical (unpaired) electrons. The first-order valence-corrected chi connectivity index (χ1v) is 10.8. The Morgan fingerprint density at radius 3 is 2.27 bits per heavy atom. The summed E-state index contributed by atoms with van der Waals surface area (Å²) in [5, 5.41) is 0.0829. The molecule has 0 atom stereocenters. The fourth-order valence-corrected chi connectivity index (χ4v) is 5.70. The zero-order valence-electron chi connectivity index (χ0n) is 13.5. The molecule has 1 saturated heterocycles. The third-order valence-electron chi connectivity index (χ3n) is 4.02. The van der Waals surface area contributed by atoms with Gasteiger partial charge in [0, 0.05) is 29.7 Å². The highest BCUT2D eigenvalue weighted by molar-refractivity contribution is 9.10. The molecule has 0 bridgehead atoms. The van der Waals surface area contributed by atoms with E-state index < -0.39 is 10.0 Å². The minimum Gasteiger partial charge on any atom is -0.312 e. The van der Waals surface area contributed by atoms with Crippen LogP contribution in [0, 0.1) is 0 Å². The average molecular weight is 478 g/mol. The lowest BCUT2D eigenvalue weighted by Crippen LogP contribution is -2.25. The van der Waals surface area contributed by atoms with E-state index in [4.69, 9.17) is 23.2 Å². The number of hydrogen-bond acceptors (Lipinski definition) is 3. The quantitative estimate of drug-likeness (QED) is 0.695. The van der Waals surface area contributed by atoms with Crippen LogP contribution in [-0.4, -0.2) is 20.9 Å². The molecule has 0 spiro atoms. The Morgan fingerprint density at radius 1 is 1.12 bits per heavy atom. The molecule has 0 saturated carbocycles. The summed E-state index contributed by atoms with van der Waals surface area (Å²) < 4.78 is 28.2. The van der Waals surface area contributed by atoms with Gasteiger partial charge in [-0.25, -0.2) is 13.1 Å². The minimum absolute atomic E-state index is 0.0415. The maximum atomic E-state index is 12.5. The lowest BCUT2D eigenvalue weighted by atomic mass is 10.2. The van der Waals surface area contributed by atoms with Crippen LogP contribution in [0.4, 0.5) is 5.69 Å². The predicted molar refractivity (Wildman–Crippen MR) is 106 cm³/mol. The number of hydrogen-bond donors (Lipinski definition) is 1. The number of nitrogens with zero attached hydrogens (tertiary/aromatic N) is 1. The van der Waals surface area contributed by atoms with Gasteiger partial charge in [0.2, 0.25) is 15.9 Å². The first-order valence-electron chi connectivity index (χ1n) is 7.81. The number of carbonyl (C=O) groups is 1. The van der Waals surface area contributed by atoms with Crippen molar-refractivity contribution in [1.29, 1.82) is 0 Å². The van der Waals surface area contributed by atoms with E-state index in [1.807, 2.05) is 12.1 Å². The number of benzene rings is 2. The van der Waals surface area contributed by atoms with Crippen LogP contribution in [0.3, 0.4) is 0 Å². The molecule has 138 valence electrons. The molecule has 3 rings (SSSR count). The molecular weight excluding hydrogens is 463 g/mol. The van der Waals surface area contributed by atoms with E-state index in [1.165, 1.54) is 12.1 Å². The predicted octanol–water partition coefficient (Wildman–Crippen LogP) is 4.36. The molecule has 1 fully saturated rings. The van der Waals surface area contributed by atoms with E-state index in [2.05, 4.69) is 20.7 Å². The Balaban J connectivity index is 1.73. The van der Waals surface area contributed by atoms with Crippen LogP contribution in [0.25, 0.3) is 0 Å². The van der Waals surface area contributed by atoms with Crippen molar-refractivity contribution >= 4 is 60.7 Å². The molecule has 9 heteroatoms. The first kappa shape index (κ1) is 19.6. The van der Waals surface area contributed by atoms with Gasteiger partial charge in [0.05, 0.1) is 10.0 Å². The van der Waals surface area contributed by atoms with E-state index in [-0.39, 0.29) is 27.4 Å². The number of sulfonamides is 1. The van der Waals surface area contributed by atoms with Crippen LogP contribution in [-0.2, 0) is 21.4 Å². The van der Waals surface area contributed by atoms with Crippen LogP contribution in [0.15, 0.2) is 45.8 Å². The van der Waals surface area contributed by atoms with Crippen LogP contribution in [0.5, 0.6) is 0 Å². The Morgan fingerprint density at radius 2 is 1.73 bits per heavy atom. The summed E-state index contributed by atoms with van der Waals surface area (Å²) in [7, 11) is -3.87. The van der Waals surface area contributed by atoms with Crippen LogP contribution in [0.1, 0.15) is 18.4 Å². The van der Waals surface area contributed by atoms with Gasteiger partial charge in [0.1, 0.15) is 4.90 Å². The SMILES string of the molecule is O=C1CCCN1c1ccc(CNS(=O)(=O)c2c(Cl)cc(Br)cc2Cl)cc1. The van der Waals surface area contributed by atoms with Crippen LogP contribution < -0.4 is 9.62 Å². The summed E-state index contributed by atoms with van der Waals surface area (Å²) >= 11 is 15.3. The second-order valence-corrected chi connectivity index (χ2v) is 9.27. The number of anilines is 1. The second kappa shape index (κ2) is 7.86. The summed E-state index contributed by atoms with van der Waals surface area (Å²) in [6, 6.07) is 10.1. The van der Waals surface area contributed by atoms with E-state index in [9.17, 15) is 13.2 Å². The van der Waals surface area contributed by atoms with Gasteiger partial charge in [-0.2, -0.15) is 0 Å². The van der Waals surface area contributed by atoms with E-state index >= 15 is 0 Å². The van der Waals surface area contributed by atoms with Gasteiger partial charge < -0.3 is 4.90 Å². The minimum atomic E-state index is -3.87. The Bertz CT molecular complexity index is 926. The molecule has 5 nitrogen and oxygen atoms in total. The summed E-state index contributed by atoms with van der Waals surface area (Å²) in [4.78, 5) is 13.3. The maximum absolute atomic E-state index is 12.5. The Kier molecular flexibility index (Phi) is 5.94. The first-order chi connectivity index (χ1) is 12.3. The zero-order valence-corrected chi connectivity index (χ0v) is 17.4. The highest BCUT2D eigenvalue weighted by atomic mass is 79.9. The zero-order chi connectivity index (χ0) is 18.9. The molecule has 2 aromatic carbocycles. The lowest BCUT2D eigenvalue weighted by Gasteiger charge is -2.16. The van der Waals surface area contributed by atoms with Crippen molar-refractivity contribution in [3.8, 4) is 0 Å². The van der Waals surface area contributed by atoms with Crippen molar-refractivity contribution in [2.75, 3.05) is 11.4 Å². The third-order valence-corrected chi connectivity index (χ3v) is 6.80.